The Balaban J connectivity index is 1.47. The Morgan fingerprint density at radius 3 is 2.06 bits per heavy atom. The van der Waals surface area contributed by atoms with Crippen LogP contribution in [0.5, 0.6) is 0 Å². The van der Waals surface area contributed by atoms with E-state index in [-0.39, 0.29) is 20.5 Å². The van der Waals surface area contributed by atoms with E-state index in [1.165, 1.54) is 47.6 Å². The molecular weight excluding hydrogens is 706 g/mol. The molecule has 3 heterocycles. The van der Waals surface area contributed by atoms with Crippen LogP contribution < -0.4 is 28.7 Å². The quantitative estimate of drug-likeness (QED) is 0.124. The summed E-state index contributed by atoms with van der Waals surface area (Å²) in [5.74, 6) is 0. The van der Waals surface area contributed by atoms with Gasteiger partial charge in [0.05, 0.1) is 0 Å². The second-order valence-corrected chi connectivity index (χ2v) is 16.4. The van der Waals surface area contributed by atoms with Crippen molar-refractivity contribution >= 4 is 59.4 Å². The average molecular weight is 746 g/mol. The fourth-order valence-corrected chi connectivity index (χ4v) is 11.6. The Hall–Kier alpha value is -4.26. The number of fused-ring (bicyclic) bond motifs is 1. The summed E-state index contributed by atoms with van der Waals surface area (Å²) in [7, 11) is 0. The van der Waals surface area contributed by atoms with E-state index in [0.29, 0.717) is 6.54 Å². The van der Waals surface area contributed by atoms with Crippen molar-refractivity contribution in [1.29, 1.82) is 0 Å². The van der Waals surface area contributed by atoms with Gasteiger partial charge in [-0.2, -0.15) is 0 Å². The van der Waals surface area contributed by atoms with E-state index in [9.17, 15) is 4.79 Å². The molecule has 2 aromatic heterocycles. The Labute approximate surface area is 302 Å². The summed E-state index contributed by atoms with van der Waals surface area (Å²) in [5, 5.41) is 1.13. The van der Waals surface area contributed by atoms with Crippen LogP contribution in [-0.2, 0) is 13.1 Å². The molecule has 246 valence electrons. The fourth-order valence-electron chi connectivity index (χ4n) is 6.45. The van der Waals surface area contributed by atoms with Gasteiger partial charge >= 0.3 is 268 Å². The van der Waals surface area contributed by atoms with Crippen molar-refractivity contribution in [3.63, 3.8) is 0 Å². The summed E-state index contributed by atoms with van der Waals surface area (Å²) >= 11 is 3.55. The van der Waals surface area contributed by atoms with Crippen molar-refractivity contribution in [2.45, 2.75) is 47.7 Å². The molecule has 7 rings (SSSR count). The summed E-state index contributed by atoms with van der Waals surface area (Å²) in [6, 6.07) is 36.4. The van der Waals surface area contributed by atoms with Crippen LogP contribution in [0.25, 0.3) is 33.3 Å². The SMILES string of the molecule is CCN1C(=C/C(c2ccccc2)=c2/sc(=Cc3sc(-c4ccccc4)c(-c4ccccc4)[n+]3CC)n(CC)c2=O)[Se]c2cc(C)c(C)cc21. The van der Waals surface area contributed by atoms with Gasteiger partial charge in [-0.3, -0.25) is 0 Å². The number of allylic oxidation sites excluding steroid dienone is 1. The summed E-state index contributed by atoms with van der Waals surface area (Å²) < 4.78 is 8.80. The normalized spacial score (nSPS) is 14.5. The molecule has 0 unspecified atom stereocenters. The number of anilines is 1. The van der Waals surface area contributed by atoms with Crippen LogP contribution in [0.2, 0.25) is 0 Å². The first-order valence-corrected chi connectivity index (χ1v) is 20.2. The monoisotopic (exact) mass is 746 g/mol. The molecule has 0 aliphatic carbocycles. The molecule has 0 radical (unpaired) electrons. The van der Waals surface area contributed by atoms with Crippen LogP contribution in [0.4, 0.5) is 5.69 Å². The Bertz CT molecular complexity index is 2350. The van der Waals surface area contributed by atoms with Crippen LogP contribution >= 0.6 is 22.7 Å². The van der Waals surface area contributed by atoms with Crippen LogP contribution in [0, 0.1) is 13.8 Å². The van der Waals surface area contributed by atoms with Crippen LogP contribution in [0.15, 0.2) is 119 Å². The molecule has 7 heteroatoms. The number of aryl methyl sites for hydroxylation is 2. The summed E-state index contributed by atoms with van der Waals surface area (Å²) in [6.45, 7) is 13.2. The van der Waals surface area contributed by atoms with E-state index in [1.54, 1.807) is 22.7 Å². The molecule has 0 amide bonds. The predicted molar refractivity (Wildman–Crippen MR) is 209 cm³/mol. The van der Waals surface area contributed by atoms with Gasteiger partial charge in [-0.15, -0.1) is 0 Å². The van der Waals surface area contributed by atoms with Gasteiger partial charge in [0.2, 0.25) is 0 Å². The fraction of sp³-hybridized carbons (Fsp3) is 0.190. The first kappa shape index (κ1) is 33.2. The minimum atomic E-state index is 0.0679. The van der Waals surface area contributed by atoms with Crippen molar-refractivity contribution in [2.24, 2.45) is 0 Å². The zero-order valence-electron chi connectivity index (χ0n) is 28.6. The molecule has 0 spiro atoms. The molecule has 4 aromatic carbocycles. The van der Waals surface area contributed by atoms with E-state index >= 15 is 0 Å². The molecule has 1 aliphatic heterocycles. The second kappa shape index (κ2) is 14.3. The maximum atomic E-state index is 14.4. The molecular formula is C42H40N3OS2Se+. The Morgan fingerprint density at radius 2 is 1.43 bits per heavy atom. The number of nitrogens with zero attached hydrogens (tertiary/aromatic N) is 3. The Kier molecular flexibility index (Phi) is 9.70. The number of aromatic nitrogens is 2. The summed E-state index contributed by atoms with van der Waals surface area (Å²) in [5.41, 5.74) is 9.68. The number of hydrogen-bond donors (Lipinski definition) is 0. The van der Waals surface area contributed by atoms with E-state index in [4.69, 9.17) is 0 Å². The molecule has 0 atom stereocenters. The van der Waals surface area contributed by atoms with Gasteiger partial charge in [0, 0.05) is 0 Å². The maximum absolute atomic E-state index is 14.4. The van der Waals surface area contributed by atoms with Crippen molar-refractivity contribution in [2.75, 3.05) is 11.4 Å². The zero-order valence-corrected chi connectivity index (χ0v) is 31.9. The third kappa shape index (κ3) is 6.33. The number of hydrogen-bond acceptors (Lipinski definition) is 4. The van der Waals surface area contributed by atoms with Gasteiger partial charge in [-0.25, -0.2) is 0 Å². The van der Waals surface area contributed by atoms with Crippen LogP contribution in [-0.4, -0.2) is 26.1 Å². The molecule has 6 aromatic rings. The summed E-state index contributed by atoms with van der Waals surface area (Å²) in [4.78, 5) is 18.1. The van der Waals surface area contributed by atoms with Crippen LogP contribution in [0.1, 0.15) is 42.5 Å². The van der Waals surface area contributed by atoms with Gasteiger partial charge in [0.1, 0.15) is 0 Å². The standard InChI is InChI=1S/C42H40N3OS2Se/c1-6-43-34-24-28(4)29(5)25-35(34)49-38(43)26-33(30-18-12-9-13-19-30)41-42(46)45(8-3)37(48-41)27-36-44(7-2)39(31-20-14-10-15-21-31)40(47-36)32-22-16-11-17-23-32/h9-27H,6-8H2,1-5H3/q+1/b38-26?,41-33-. The van der Waals surface area contributed by atoms with Crippen molar-refractivity contribution in [3.05, 3.63) is 155 Å². The third-order valence-corrected chi connectivity index (χ3v) is 13.7. The van der Waals surface area contributed by atoms with Gasteiger partial charge in [-0.05, 0) is 0 Å². The van der Waals surface area contributed by atoms with E-state index in [2.05, 4.69) is 153 Å². The third-order valence-electron chi connectivity index (χ3n) is 9.09. The van der Waals surface area contributed by atoms with Crippen LogP contribution in [0.3, 0.4) is 0 Å². The first-order valence-electron chi connectivity index (χ1n) is 16.9. The van der Waals surface area contributed by atoms with Crippen molar-refractivity contribution in [1.82, 2.24) is 4.57 Å². The molecule has 1 aliphatic rings. The Morgan fingerprint density at radius 1 is 0.796 bits per heavy atom. The van der Waals surface area contributed by atoms with E-state index in [0.717, 1.165) is 38.4 Å². The average Bonchev–Trinajstić information content (AvgIpc) is 3.78. The molecule has 49 heavy (non-hydrogen) atoms. The van der Waals surface area contributed by atoms with Crippen molar-refractivity contribution in [3.8, 4) is 21.7 Å². The zero-order chi connectivity index (χ0) is 34.1. The van der Waals surface area contributed by atoms with Gasteiger partial charge in [0.15, 0.2) is 0 Å². The first-order chi connectivity index (χ1) is 23.9. The summed E-state index contributed by atoms with van der Waals surface area (Å²) in [6.07, 6.45) is 4.54. The number of thiazole rings is 2. The second-order valence-electron chi connectivity index (χ2n) is 12.1. The van der Waals surface area contributed by atoms with Gasteiger partial charge in [-0.1, -0.05) is 36.4 Å². The van der Waals surface area contributed by atoms with Gasteiger partial charge < -0.3 is 0 Å². The minimum absolute atomic E-state index is 0.0679. The number of benzene rings is 4. The molecule has 0 saturated carbocycles. The predicted octanol–water partition coefficient (Wildman–Crippen LogP) is 6.99. The molecule has 0 fully saturated rings. The molecule has 0 N–H and O–H groups in total. The van der Waals surface area contributed by atoms with E-state index < -0.39 is 0 Å². The molecule has 0 saturated heterocycles. The van der Waals surface area contributed by atoms with E-state index in [1.807, 2.05) is 10.6 Å². The topological polar surface area (TPSA) is 29.1 Å². The van der Waals surface area contributed by atoms with Crippen molar-refractivity contribution < 1.29 is 4.57 Å². The molecule has 0 bridgehead atoms. The van der Waals surface area contributed by atoms with Gasteiger partial charge in [0.25, 0.3) is 0 Å². The number of rotatable bonds is 8. The molecule has 4 nitrogen and oxygen atoms in total.